The molecular weight excluding hydrogens is 937 g/mol. The maximum atomic E-state index is 13.0. The molecule has 422 valence electrons. The predicted octanol–water partition coefficient (Wildman–Crippen LogP) is 17.3. The van der Waals surface area contributed by atoms with Gasteiger partial charge in [0.25, 0.3) is 0 Å². The lowest BCUT2D eigenvalue weighted by Crippen LogP contribution is -2.56. The molecule has 1 aliphatic rings. The number of carboxylic acid groups (broad SMARTS) is 1. The minimum absolute atomic E-state index is 0.174. The molecular formula is C66H104O9. The predicted molar refractivity (Wildman–Crippen MR) is 313 cm³/mol. The van der Waals surface area contributed by atoms with Crippen LogP contribution in [0.3, 0.4) is 0 Å². The highest BCUT2D eigenvalue weighted by atomic mass is 16.7. The Kier molecular flexibility index (Phi) is 41.6. The van der Waals surface area contributed by atoms with Gasteiger partial charge in [-0.25, -0.2) is 4.79 Å². The number of aliphatic carboxylic acids is 1. The molecule has 0 aromatic carbocycles. The quantitative estimate of drug-likeness (QED) is 0.0236. The Morgan fingerprint density at radius 3 is 1.35 bits per heavy atom. The number of carbonyl (C=O) groups excluding carboxylic acids is 2. The summed E-state index contributed by atoms with van der Waals surface area (Å²) in [7, 11) is 0. The van der Waals surface area contributed by atoms with E-state index in [9.17, 15) is 24.6 Å². The van der Waals surface area contributed by atoms with E-state index in [-0.39, 0.29) is 13.0 Å². The van der Waals surface area contributed by atoms with Gasteiger partial charge in [-0.3, -0.25) is 9.59 Å². The fourth-order valence-corrected chi connectivity index (χ4v) is 8.43. The van der Waals surface area contributed by atoms with Crippen LogP contribution < -0.4 is 0 Å². The third-order valence-electron chi connectivity index (χ3n) is 13.7. The van der Waals surface area contributed by atoms with Crippen LogP contribution in [-0.4, -0.2) is 64.4 Å². The largest absolute Gasteiger partial charge is 0.481 e. The van der Waals surface area contributed by atoms with Crippen LogP contribution in [0.15, 0.2) is 131 Å². The smallest absolute Gasteiger partial charge is 0.336 e. The summed E-state index contributed by atoms with van der Waals surface area (Å²) < 4.78 is 16.5. The number of hydrogen-bond acceptors (Lipinski definition) is 8. The fraction of sp³-hybridized carbons (Fsp3) is 0.621. The Hall–Kier alpha value is -4.57. The van der Waals surface area contributed by atoms with E-state index in [0.717, 1.165) is 61.2 Å². The number of aliphatic hydroxyl groups is 2. The maximum Gasteiger partial charge on any atom is 0.336 e. The summed E-state index contributed by atoms with van der Waals surface area (Å²) in [6.07, 6.45) is 57.5. The number of esters is 2. The van der Waals surface area contributed by atoms with Crippen molar-refractivity contribution < 1.29 is 43.9 Å². The van der Waals surface area contributed by atoms with E-state index in [1.165, 1.54) is 127 Å². The van der Waals surface area contributed by atoms with E-state index in [1.54, 1.807) is 19.1 Å². The van der Waals surface area contributed by atoms with Crippen LogP contribution in [0, 0.1) is 5.92 Å². The third-order valence-corrected chi connectivity index (χ3v) is 13.7. The second-order valence-electron chi connectivity index (χ2n) is 21.2. The highest BCUT2D eigenvalue weighted by Gasteiger charge is 2.44. The van der Waals surface area contributed by atoms with Crippen molar-refractivity contribution in [1.82, 2.24) is 0 Å². The number of carbonyl (C=O) groups is 3. The molecule has 0 spiro atoms. The summed E-state index contributed by atoms with van der Waals surface area (Å²) in [5.74, 6) is -1.07. The number of hydrogen-bond donors (Lipinski definition) is 3. The summed E-state index contributed by atoms with van der Waals surface area (Å²) in [5.41, 5.74) is 6.14. The van der Waals surface area contributed by atoms with Crippen LogP contribution in [0.5, 0.6) is 0 Å². The van der Waals surface area contributed by atoms with Gasteiger partial charge in [0.05, 0.1) is 6.61 Å². The molecule has 5 atom stereocenters. The van der Waals surface area contributed by atoms with Gasteiger partial charge in [-0.05, 0) is 73.1 Å². The first-order valence-electron chi connectivity index (χ1n) is 29.1. The lowest BCUT2D eigenvalue weighted by Gasteiger charge is -2.36. The highest BCUT2D eigenvalue weighted by molar-refractivity contribution is 5.88. The van der Waals surface area contributed by atoms with E-state index in [1.807, 2.05) is 50.3 Å². The van der Waals surface area contributed by atoms with Crippen LogP contribution in [0.4, 0.5) is 0 Å². The van der Waals surface area contributed by atoms with Gasteiger partial charge in [-0.1, -0.05) is 274 Å². The molecule has 3 N–H and O–H groups in total. The van der Waals surface area contributed by atoms with Crippen LogP contribution in [0.25, 0.3) is 0 Å². The second kappa shape index (κ2) is 45.6. The number of allylic oxidation sites excluding steroid dienone is 21. The van der Waals surface area contributed by atoms with Crippen LogP contribution in [0.1, 0.15) is 229 Å². The zero-order valence-electron chi connectivity index (χ0n) is 48.2. The maximum absolute atomic E-state index is 13.0. The van der Waals surface area contributed by atoms with Crippen molar-refractivity contribution in [3.63, 3.8) is 0 Å². The lowest BCUT2D eigenvalue weighted by atomic mass is 9.99. The molecule has 1 rings (SSSR count). The summed E-state index contributed by atoms with van der Waals surface area (Å²) >= 11 is 0. The van der Waals surface area contributed by atoms with Gasteiger partial charge in [0.2, 0.25) is 6.29 Å². The zero-order valence-corrected chi connectivity index (χ0v) is 48.2. The fourth-order valence-electron chi connectivity index (χ4n) is 8.43. The van der Waals surface area contributed by atoms with Crippen LogP contribution >= 0.6 is 0 Å². The van der Waals surface area contributed by atoms with Crippen LogP contribution in [-0.2, 0) is 28.6 Å². The first-order valence-corrected chi connectivity index (χ1v) is 29.1. The SMILES string of the molecule is CCC(C)CCCCCCCCCCC(=O)O[C@H]1[C@H](OC(=O)/C(C)=C/C=C/C(C)=C/C=C/C(C)=C/C=C/C=C(C)/C=C/C=C(C)/C=C/C=C(\C)CCCCCCCCCCCCCCCCC(=O)O)OC[C@@H](O)[C@@H]1O. The monoisotopic (exact) mass is 1040 g/mol. The molecule has 1 heterocycles. The lowest BCUT2D eigenvalue weighted by molar-refractivity contribution is -0.267. The topological polar surface area (TPSA) is 140 Å². The molecule has 0 bridgehead atoms. The van der Waals surface area contributed by atoms with Gasteiger partial charge in [-0.2, -0.15) is 0 Å². The van der Waals surface area contributed by atoms with Gasteiger partial charge in [0.15, 0.2) is 6.10 Å². The summed E-state index contributed by atoms with van der Waals surface area (Å²) in [6, 6.07) is 0. The van der Waals surface area contributed by atoms with Gasteiger partial charge >= 0.3 is 17.9 Å². The molecule has 1 saturated heterocycles. The van der Waals surface area contributed by atoms with E-state index >= 15 is 0 Å². The number of carboxylic acids is 1. The molecule has 0 aliphatic carbocycles. The third kappa shape index (κ3) is 39.5. The molecule has 75 heavy (non-hydrogen) atoms. The van der Waals surface area contributed by atoms with Crippen molar-refractivity contribution in [1.29, 1.82) is 0 Å². The van der Waals surface area contributed by atoms with E-state index in [0.29, 0.717) is 18.4 Å². The first kappa shape index (κ1) is 68.4. The number of aliphatic hydroxyl groups excluding tert-OH is 2. The van der Waals surface area contributed by atoms with Gasteiger partial charge < -0.3 is 29.5 Å². The first-order chi connectivity index (χ1) is 36.1. The van der Waals surface area contributed by atoms with Gasteiger partial charge in [0, 0.05) is 18.4 Å². The van der Waals surface area contributed by atoms with Gasteiger partial charge in [0.1, 0.15) is 12.2 Å². The second-order valence-corrected chi connectivity index (χ2v) is 21.2. The van der Waals surface area contributed by atoms with E-state index in [4.69, 9.17) is 19.3 Å². The average molecular weight is 1040 g/mol. The molecule has 0 amide bonds. The normalized spacial score (nSPS) is 19.2. The van der Waals surface area contributed by atoms with Crippen molar-refractivity contribution in [2.75, 3.05) is 6.61 Å². The Labute approximate surface area is 456 Å². The molecule has 1 unspecified atom stereocenters. The molecule has 0 radical (unpaired) electrons. The minimum Gasteiger partial charge on any atom is -0.481 e. The molecule has 9 heteroatoms. The Balaban J connectivity index is 2.40. The van der Waals surface area contributed by atoms with Crippen LogP contribution in [0.2, 0.25) is 0 Å². The summed E-state index contributed by atoms with van der Waals surface area (Å²) in [4.78, 5) is 36.2. The van der Waals surface area contributed by atoms with E-state index in [2.05, 4.69) is 83.2 Å². The average Bonchev–Trinajstić information content (AvgIpc) is 3.37. The number of unbranched alkanes of at least 4 members (excludes halogenated alkanes) is 20. The zero-order chi connectivity index (χ0) is 55.3. The van der Waals surface area contributed by atoms with Crippen molar-refractivity contribution in [2.24, 2.45) is 5.92 Å². The highest BCUT2D eigenvalue weighted by Crippen LogP contribution is 2.23. The van der Waals surface area contributed by atoms with Gasteiger partial charge in [-0.15, -0.1) is 0 Å². The molecule has 1 fully saturated rings. The summed E-state index contributed by atoms with van der Waals surface area (Å²) in [5, 5.41) is 29.5. The summed E-state index contributed by atoms with van der Waals surface area (Å²) in [6.45, 7) is 16.3. The molecule has 9 nitrogen and oxygen atoms in total. The Bertz CT molecular complexity index is 1920. The molecule has 1 aliphatic heterocycles. The van der Waals surface area contributed by atoms with Crippen molar-refractivity contribution in [3.05, 3.63) is 131 Å². The number of rotatable bonds is 42. The van der Waals surface area contributed by atoms with Crippen molar-refractivity contribution in [3.8, 4) is 0 Å². The Morgan fingerprint density at radius 1 is 0.507 bits per heavy atom. The molecule has 0 aromatic heterocycles. The Morgan fingerprint density at radius 2 is 0.893 bits per heavy atom. The standard InChI is InChI=1S/C66H104O9/c1-9-53(2)38-28-24-20-18-19-23-27-31-51-62(70)74-64-63(71)60(67)52-73-66(64)75-65(72)59(8)49-37-48-58(7)47-36-44-56(5)41-33-32-40-55(4)43-35-46-57(6)45-34-42-54(3)39-29-25-21-16-14-12-10-11-13-15-17-22-26-30-50-61(68)69/h32-37,40-49,53,60,63-64,66-67,71H,9-31,38-39,50-52H2,1-8H3,(H,68,69)/b33-32+,43-35+,44-36+,45-34+,48-37+,54-42+,55-40+,56-41+,57-46+,58-47+,59-49+/t53?,60-,63+,64-,66+/m1/s1. The minimum atomic E-state index is -1.44. The molecule has 0 aromatic rings. The number of ether oxygens (including phenoxy) is 3. The van der Waals surface area contributed by atoms with Crippen molar-refractivity contribution >= 4 is 17.9 Å². The van der Waals surface area contributed by atoms with E-state index < -0.39 is 42.5 Å². The molecule has 0 saturated carbocycles. The van der Waals surface area contributed by atoms with Crippen molar-refractivity contribution in [2.45, 2.75) is 253 Å².